The highest BCUT2D eigenvalue weighted by Gasteiger charge is 2.02. The van der Waals surface area contributed by atoms with Crippen LogP contribution in [0.2, 0.25) is 0 Å². The number of benzene rings is 1. The van der Waals surface area contributed by atoms with Gasteiger partial charge in [-0.1, -0.05) is 12.1 Å². The van der Waals surface area contributed by atoms with Gasteiger partial charge in [0.25, 0.3) is 0 Å². The van der Waals surface area contributed by atoms with E-state index in [4.69, 9.17) is 15.9 Å². The fourth-order valence-corrected chi connectivity index (χ4v) is 0.812. The molecule has 4 nitrogen and oxygen atoms in total. The van der Waals surface area contributed by atoms with Crippen LogP contribution in [0.4, 0.5) is 5.69 Å². The van der Waals surface area contributed by atoms with Gasteiger partial charge in [-0.15, -0.1) is 12.4 Å². The molecule has 0 heterocycles. The summed E-state index contributed by atoms with van der Waals surface area (Å²) >= 11 is 0. The number of halogens is 1. The Hall–Kier alpha value is -1.68. The second-order valence-corrected chi connectivity index (χ2v) is 2.50. The molecule has 76 valence electrons. The lowest BCUT2D eigenvalue weighted by Crippen LogP contribution is -1.98. The molecule has 4 N–H and O–H groups in total. The van der Waals surface area contributed by atoms with Crippen LogP contribution < -0.4 is 5.73 Å². The normalized spacial score (nSPS) is 10.4. The number of nitrogen functional groups attached to an aromatic ring is 1. The fourth-order valence-electron chi connectivity index (χ4n) is 0.812. The molecule has 1 aromatic carbocycles. The first-order chi connectivity index (χ1) is 6.09. The highest BCUT2D eigenvalue weighted by Crippen LogP contribution is 2.08. The number of aliphatic hydroxyl groups excluding tert-OH is 1. The number of hydrogen-bond donors (Lipinski definition) is 3. The van der Waals surface area contributed by atoms with Gasteiger partial charge in [-0.2, -0.15) is 0 Å². The maximum Gasteiger partial charge on any atom is 0.370 e. The van der Waals surface area contributed by atoms with Crippen LogP contribution in [0.5, 0.6) is 0 Å². The average Bonchev–Trinajstić information content (AvgIpc) is 2.08. The van der Waals surface area contributed by atoms with Crippen LogP contribution >= 0.6 is 12.4 Å². The van der Waals surface area contributed by atoms with Gasteiger partial charge in [0, 0.05) is 5.69 Å². The number of aliphatic carboxylic acids is 1. The van der Waals surface area contributed by atoms with Crippen molar-refractivity contribution in [3.8, 4) is 0 Å². The summed E-state index contributed by atoms with van der Waals surface area (Å²) in [6.07, 6.45) is 1.15. The highest BCUT2D eigenvalue weighted by atomic mass is 35.5. The predicted octanol–water partition coefficient (Wildman–Crippen LogP) is 1.67. The largest absolute Gasteiger partial charge is 0.502 e. The van der Waals surface area contributed by atoms with Crippen molar-refractivity contribution >= 4 is 30.1 Å². The van der Waals surface area contributed by atoms with Gasteiger partial charge >= 0.3 is 5.97 Å². The molecule has 0 atom stereocenters. The van der Waals surface area contributed by atoms with E-state index in [1.165, 1.54) is 0 Å². The van der Waals surface area contributed by atoms with Crippen molar-refractivity contribution in [1.29, 1.82) is 0 Å². The van der Waals surface area contributed by atoms with Crippen LogP contribution in [0.3, 0.4) is 0 Å². The maximum absolute atomic E-state index is 10.2. The Bertz CT molecular complexity index is 346. The Kier molecular flexibility index (Phi) is 4.52. The number of carboxylic acids is 1. The Morgan fingerprint density at radius 2 is 1.71 bits per heavy atom. The minimum absolute atomic E-state index is 0. The summed E-state index contributed by atoms with van der Waals surface area (Å²) in [4.78, 5) is 10.2. The van der Waals surface area contributed by atoms with E-state index in [-0.39, 0.29) is 12.4 Å². The van der Waals surface area contributed by atoms with Crippen LogP contribution in [-0.4, -0.2) is 16.2 Å². The van der Waals surface area contributed by atoms with Crippen molar-refractivity contribution < 1.29 is 15.0 Å². The summed E-state index contributed by atoms with van der Waals surface area (Å²) in [7, 11) is 0. The molecule has 0 unspecified atom stereocenters. The first-order valence-corrected chi connectivity index (χ1v) is 3.59. The van der Waals surface area contributed by atoms with E-state index >= 15 is 0 Å². The summed E-state index contributed by atoms with van der Waals surface area (Å²) in [6, 6.07) is 6.49. The number of aliphatic hydroxyl groups is 1. The van der Waals surface area contributed by atoms with Crippen molar-refractivity contribution in [2.45, 2.75) is 0 Å². The van der Waals surface area contributed by atoms with Crippen molar-refractivity contribution in [2.75, 3.05) is 5.73 Å². The second-order valence-electron chi connectivity index (χ2n) is 2.50. The van der Waals surface area contributed by atoms with E-state index in [0.29, 0.717) is 11.3 Å². The molecule has 1 aromatic rings. The van der Waals surface area contributed by atoms with Gasteiger partial charge in [-0.3, -0.25) is 0 Å². The summed E-state index contributed by atoms with van der Waals surface area (Å²) in [5.41, 5.74) is 6.60. The number of carbonyl (C=O) groups is 1. The zero-order chi connectivity index (χ0) is 9.84. The molecule has 0 spiro atoms. The van der Waals surface area contributed by atoms with E-state index in [2.05, 4.69) is 0 Å². The van der Waals surface area contributed by atoms with Gasteiger partial charge < -0.3 is 15.9 Å². The van der Waals surface area contributed by atoms with Gasteiger partial charge in [0.1, 0.15) is 0 Å². The Balaban J connectivity index is 0.00000169. The zero-order valence-corrected chi connectivity index (χ0v) is 7.99. The monoisotopic (exact) mass is 215 g/mol. The van der Waals surface area contributed by atoms with Crippen molar-refractivity contribution in [3.63, 3.8) is 0 Å². The third-order valence-corrected chi connectivity index (χ3v) is 1.46. The molecule has 0 saturated carbocycles. The first kappa shape index (κ1) is 12.3. The molecule has 0 amide bonds. The van der Waals surface area contributed by atoms with Gasteiger partial charge in [0.15, 0.2) is 0 Å². The quantitative estimate of drug-likeness (QED) is 0.398. The number of hydrogen-bond acceptors (Lipinski definition) is 3. The summed E-state index contributed by atoms with van der Waals surface area (Å²) < 4.78 is 0. The third kappa shape index (κ3) is 3.37. The molecule has 0 bridgehead atoms. The van der Waals surface area contributed by atoms with E-state index in [1.807, 2.05) is 0 Å². The highest BCUT2D eigenvalue weighted by molar-refractivity contribution is 5.89. The minimum Gasteiger partial charge on any atom is -0.502 e. The lowest BCUT2D eigenvalue weighted by atomic mass is 10.2. The zero-order valence-electron chi connectivity index (χ0n) is 7.18. The van der Waals surface area contributed by atoms with Gasteiger partial charge in [0.05, 0.1) is 0 Å². The minimum atomic E-state index is -1.35. The molecule has 0 saturated heterocycles. The molecule has 0 fully saturated rings. The Morgan fingerprint density at radius 1 is 1.21 bits per heavy atom. The smallest absolute Gasteiger partial charge is 0.370 e. The Morgan fingerprint density at radius 3 is 2.14 bits per heavy atom. The molecular weight excluding hydrogens is 206 g/mol. The molecule has 0 aliphatic rings. The number of nitrogens with two attached hydrogens (primary N) is 1. The SMILES string of the molecule is Cl.Nc1ccc(/C=C(\O)C(=O)O)cc1. The first-order valence-electron chi connectivity index (χ1n) is 3.59. The summed E-state index contributed by atoms with van der Waals surface area (Å²) in [5, 5.41) is 17.2. The van der Waals surface area contributed by atoms with Gasteiger partial charge in [-0.25, -0.2) is 4.79 Å². The van der Waals surface area contributed by atoms with E-state index in [0.717, 1.165) is 6.08 Å². The van der Waals surface area contributed by atoms with Crippen molar-refractivity contribution in [3.05, 3.63) is 35.6 Å². The molecule has 0 aliphatic heterocycles. The number of carboxylic acid groups (broad SMARTS) is 1. The molecule has 1 rings (SSSR count). The van der Waals surface area contributed by atoms with Gasteiger partial charge in [0.2, 0.25) is 5.76 Å². The molecule has 14 heavy (non-hydrogen) atoms. The molecule has 0 aliphatic carbocycles. The van der Waals surface area contributed by atoms with Crippen LogP contribution in [0, 0.1) is 0 Å². The maximum atomic E-state index is 10.2. The van der Waals surface area contributed by atoms with Crippen LogP contribution in [0.15, 0.2) is 30.0 Å². The third-order valence-electron chi connectivity index (χ3n) is 1.46. The standard InChI is InChI=1S/C9H9NO3.ClH/c10-7-3-1-6(2-4-7)5-8(11)9(12)13;/h1-5,11H,10H2,(H,12,13);1H/b8-5-;. The van der Waals surface area contributed by atoms with Crippen LogP contribution in [-0.2, 0) is 4.79 Å². The van der Waals surface area contributed by atoms with Crippen molar-refractivity contribution in [1.82, 2.24) is 0 Å². The van der Waals surface area contributed by atoms with Gasteiger partial charge in [-0.05, 0) is 23.8 Å². The second kappa shape index (κ2) is 5.14. The fraction of sp³-hybridized carbons (Fsp3) is 0. The Labute approximate surface area is 87.1 Å². The average molecular weight is 216 g/mol. The molecule has 0 radical (unpaired) electrons. The summed E-state index contributed by atoms with van der Waals surface area (Å²) in [6.45, 7) is 0. The molecule has 5 heteroatoms. The number of anilines is 1. The van der Waals surface area contributed by atoms with E-state index < -0.39 is 11.7 Å². The van der Waals surface area contributed by atoms with Crippen molar-refractivity contribution in [2.24, 2.45) is 0 Å². The molecular formula is C9H10ClNO3. The van der Waals surface area contributed by atoms with E-state index in [1.54, 1.807) is 24.3 Å². The van der Waals surface area contributed by atoms with E-state index in [9.17, 15) is 4.79 Å². The summed E-state index contributed by atoms with van der Waals surface area (Å²) in [5.74, 6) is -2.04. The topological polar surface area (TPSA) is 83.5 Å². The lowest BCUT2D eigenvalue weighted by molar-refractivity contribution is -0.135. The predicted molar refractivity (Wildman–Crippen MR) is 56.3 cm³/mol. The lowest BCUT2D eigenvalue weighted by Gasteiger charge is -1.95. The molecule has 0 aromatic heterocycles. The van der Waals surface area contributed by atoms with Crippen LogP contribution in [0.1, 0.15) is 5.56 Å². The van der Waals surface area contributed by atoms with Crippen LogP contribution in [0.25, 0.3) is 6.08 Å². The number of rotatable bonds is 2.